The Morgan fingerprint density at radius 2 is 1.84 bits per heavy atom. The molecule has 0 saturated carbocycles. The summed E-state index contributed by atoms with van der Waals surface area (Å²) < 4.78 is 15.7. The molecule has 4 amide bonds. The fraction of sp³-hybridized carbons (Fsp3) is 0.308. The van der Waals surface area contributed by atoms with E-state index in [4.69, 9.17) is 14.2 Å². The van der Waals surface area contributed by atoms with Gasteiger partial charge in [-0.05, 0) is 65.7 Å². The van der Waals surface area contributed by atoms with Gasteiger partial charge in [-0.3, -0.25) is 24.1 Å². The second kappa shape index (κ2) is 11.4. The van der Waals surface area contributed by atoms with Crippen LogP contribution in [0.3, 0.4) is 0 Å². The maximum absolute atomic E-state index is 12.8. The molecule has 10 nitrogen and oxygen atoms in total. The predicted octanol–water partition coefficient (Wildman–Crippen LogP) is 3.03. The molecule has 0 unspecified atom stereocenters. The molecular weight excluding hydrogens is 498 g/mol. The average Bonchev–Trinajstić information content (AvgIpc) is 3.46. The molecule has 2 aromatic carbocycles. The van der Waals surface area contributed by atoms with E-state index in [1.54, 1.807) is 48.5 Å². The third kappa shape index (κ3) is 6.05. The number of rotatable bonds is 9. The minimum absolute atomic E-state index is 0.00608. The van der Waals surface area contributed by atoms with Crippen molar-refractivity contribution in [3.05, 3.63) is 58.5 Å². The third-order valence-electron chi connectivity index (χ3n) is 5.79. The highest BCUT2D eigenvalue weighted by Gasteiger charge is 2.35. The van der Waals surface area contributed by atoms with Crippen LogP contribution < -0.4 is 24.8 Å². The van der Waals surface area contributed by atoms with Gasteiger partial charge in [-0.2, -0.15) is 0 Å². The van der Waals surface area contributed by atoms with Gasteiger partial charge in [0.25, 0.3) is 17.1 Å². The van der Waals surface area contributed by atoms with Gasteiger partial charge in [-0.15, -0.1) is 0 Å². The van der Waals surface area contributed by atoms with Gasteiger partial charge < -0.3 is 24.8 Å². The van der Waals surface area contributed by atoms with E-state index in [0.29, 0.717) is 28.4 Å². The highest BCUT2D eigenvalue weighted by molar-refractivity contribution is 8.18. The van der Waals surface area contributed by atoms with Crippen LogP contribution in [0.5, 0.6) is 17.2 Å². The lowest BCUT2D eigenvalue weighted by Gasteiger charge is -2.22. The molecule has 2 aromatic rings. The Morgan fingerprint density at radius 1 is 1.11 bits per heavy atom. The summed E-state index contributed by atoms with van der Waals surface area (Å²) in [6, 6.07) is 11.0. The number of thioether (sulfide) groups is 1. The molecule has 1 fully saturated rings. The molecule has 1 saturated heterocycles. The molecule has 11 heteroatoms. The van der Waals surface area contributed by atoms with E-state index >= 15 is 0 Å². The fourth-order valence-electron chi connectivity index (χ4n) is 3.75. The highest BCUT2D eigenvalue weighted by Crippen LogP contribution is 2.36. The SMILES string of the molecule is COc1ccc(C(=O)N[C@H](C(=O)NCCN2C(=O)S/C(=C/c3ccc4c(c3)OCO4)C2=O)C(C)C)cc1. The summed E-state index contributed by atoms with van der Waals surface area (Å²) in [5, 5.41) is 5.05. The number of benzene rings is 2. The minimum atomic E-state index is -0.796. The Kier molecular flexibility index (Phi) is 8.02. The highest BCUT2D eigenvalue weighted by atomic mass is 32.2. The second-order valence-corrected chi connectivity index (χ2v) is 9.65. The number of ether oxygens (including phenoxy) is 3. The number of nitrogens with zero attached hydrogens (tertiary/aromatic N) is 1. The van der Waals surface area contributed by atoms with Crippen molar-refractivity contribution in [1.29, 1.82) is 0 Å². The van der Waals surface area contributed by atoms with Crippen LogP contribution in [-0.2, 0) is 9.59 Å². The zero-order valence-corrected chi connectivity index (χ0v) is 21.4. The van der Waals surface area contributed by atoms with Gasteiger partial charge in [-0.25, -0.2) is 0 Å². The molecule has 0 aromatic heterocycles. The standard InChI is InChI=1S/C26H27N3O7S/c1-15(2)22(28-23(30)17-5-7-18(34-3)8-6-17)24(31)27-10-11-29-25(32)21(37-26(29)33)13-16-4-9-19-20(12-16)36-14-35-19/h4-9,12-13,15,22H,10-11,14H2,1-3H3,(H,27,31)(H,28,30)/b21-13+/t22-/m0/s1. The summed E-state index contributed by atoms with van der Waals surface area (Å²) in [4.78, 5) is 52.1. The van der Waals surface area contributed by atoms with E-state index < -0.39 is 29.0 Å². The number of imide groups is 1. The zero-order valence-electron chi connectivity index (χ0n) is 20.6. The van der Waals surface area contributed by atoms with Crippen molar-refractivity contribution in [3.8, 4) is 17.2 Å². The Morgan fingerprint density at radius 3 is 2.54 bits per heavy atom. The van der Waals surface area contributed by atoms with Crippen LogP contribution in [0.1, 0.15) is 29.8 Å². The summed E-state index contributed by atoms with van der Waals surface area (Å²) in [5.41, 5.74) is 1.10. The van der Waals surface area contributed by atoms with Crippen LogP contribution in [0, 0.1) is 5.92 Å². The molecular formula is C26H27N3O7S. The second-order valence-electron chi connectivity index (χ2n) is 8.66. The van der Waals surface area contributed by atoms with E-state index in [2.05, 4.69) is 10.6 Å². The lowest BCUT2D eigenvalue weighted by Crippen LogP contribution is -2.51. The van der Waals surface area contributed by atoms with Gasteiger partial charge in [0.2, 0.25) is 12.7 Å². The van der Waals surface area contributed by atoms with Crippen molar-refractivity contribution in [3.63, 3.8) is 0 Å². The summed E-state index contributed by atoms with van der Waals surface area (Å²) >= 11 is 0.836. The number of methoxy groups -OCH3 is 1. The third-order valence-corrected chi connectivity index (χ3v) is 6.70. The summed E-state index contributed by atoms with van der Waals surface area (Å²) in [7, 11) is 1.53. The average molecular weight is 526 g/mol. The first-order chi connectivity index (χ1) is 17.8. The molecule has 2 aliphatic heterocycles. The normalized spacial score (nSPS) is 16.3. The maximum atomic E-state index is 12.8. The number of carbonyl (C=O) groups excluding carboxylic acids is 4. The van der Waals surface area contributed by atoms with E-state index in [1.807, 2.05) is 13.8 Å². The van der Waals surface area contributed by atoms with Gasteiger partial charge in [0.15, 0.2) is 11.5 Å². The predicted molar refractivity (Wildman–Crippen MR) is 137 cm³/mol. The van der Waals surface area contributed by atoms with Gasteiger partial charge in [-0.1, -0.05) is 19.9 Å². The van der Waals surface area contributed by atoms with Gasteiger partial charge in [0, 0.05) is 18.7 Å². The number of hydrogen-bond donors (Lipinski definition) is 2. The number of amides is 4. The first-order valence-corrected chi connectivity index (χ1v) is 12.5. The van der Waals surface area contributed by atoms with Crippen molar-refractivity contribution in [2.75, 3.05) is 27.0 Å². The lowest BCUT2D eigenvalue weighted by molar-refractivity contribution is -0.125. The van der Waals surface area contributed by atoms with E-state index in [-0.39, 0.29) is 30.7 Å². The van der Waals surface area contributed by atoms with Crippen LogP contribution >= 0.6 is 11.8 Å². The monoisotopic (exact) mass is 525 g/mol. The molecule has 0 bridgehead atoms. The first-order valence-electron chi connectivity index (χ1n) is 11.6. The van der Waals surface area contributed by atoms with Gasteiger partial charge in [0.05, 0.1) is 12.0 Å². The van der Waals surface area contributed by atoms with Crippen LogP contribution in [0.25, 0.3) is 6.08 Å². The molecule has 1 atom stereocenters. The molecule has 2 heterocycles. The van der Waals surface area contributed by atoms with Crippen molar-refractivity contribution < 1.29 is 33.4 Å². The summed E-state index contributed by atoms with van der Waals surface area (Å²) in [5.74, 6) is 0.401. The summed E-state index contributed by atoms with van der Waals surface area (Å²) in [6.45, 7) is 3.83. The number of hydrogen-bond acceptors (Lipinski definition) is 8. The van der Waals surface area contributed by atoms with Crippen LogP contribution in [-0.4, -0.2) is 60.9 Å². The Bertz CT molecular complexity index is 1240. The molecule has 2 aliphatic rings. The molecule has 0 aliphatic carbocycles. The smallest absolute Gasteiger partial charge is 0.293 e. The maximum Gasteiger partial charge on any atom is 0.293 e. The zero-order chi connectivity index (χ0) is 26.5. The van der Waals surface area contributed by atoms with E-state index in [1.165, 1.54) is 7.11 Å². The van der Waals surface area contributed by atoms with Gasteiger partial charge >= 0.3 is 0 Å². The topological polar surface area (TPSA) is 123 Å². The van der Waals surface area contributed by atoms with Crippen LogP contribution in [0.2, 0.25) is 0 Å². The van der Waals surface area contributed by atoms with E-state index in [9.17, 15) is 19.2 Å². The van der Waals surface area contributed by atoms with E-state index in [0.717, 1.165) is 16.7 Å². The molecule has 2 N–H and O–H groups in total. The molecule has 194 valence electrons. The largest absolute Gasteiger partial charge is 0.497 e. The van der Waals surface area contributed by atoms with Crippen molar-refractivity contribution >= 4 is 40.8 Å². The van der Waals surface area contributed by atoms with Crippen LogP contribution in [0.4, 0.5) is 4.79 Å². The molecule has 0 radical (unpaired) electrons. The number of carbonyl (C=O) groups is 4. The molecule has 4 rings (SSSR count). The quantitative estimate of drug-likeness (QED) is 0.479. The van der Waals surface area contributed by atoms with Crippen molar-refractivity contribution in [2.45, 2.75) is 19.9 Å². The van der Waals surface area contributed by atoms with Crippen molar-refractivity contribution in [1.82, 2.24) is 15.5 Å². The minimum Gasteiger partial charge on any atom is -0.497 e. The lowest BCUT2D eigenvalue weighted by atomic mass is 10.0. The Balaban J connectivity index is 1.32. The Labute approximate surface area is 218 Å². The summed E-state index contributed by atoms with van der Waals surface area (Å²) in [6.07, 6.45) is 1.62. The first kappa shape index (κ1) is 26.1. The van der Waals surface area contributed by atoms with Crippen LogP contribution in [0.15, 0.2) is 47.4 Å². The molecule has 0 spiro atoms. The Hall–Kier alpha value is -3.99. The van der Waals surface area contributed by atoms with Crippen molar-refractivity contribution in [2.24, 2.45) is 5.92 Å². The van der Waals surface area contributed by atoms with Gasteiger partial charge in [0.1, 0.15) is 11.8 Å². The number of nitrogens with one attached hydrogen (secondary N) is 2. The fourth-order valence-corrected chi connectivity index (χ4v) is 4.61. The molecule has 37 heavy (non-hydrogen) atoms. The number of fused-ring (bicyclic) bond motifs is 1.